The summed E-state index contributed by atoms with van der Waals surface area (Å²) in [4.78, 5) is 17.0. The fourth-order valence-electron chi connectivity index (χ4n) is 4.64. The molecule has 0 aliphatic heterocycles. The highest BCUT2D eigenvalue weighted by Crippen LogP contribution is 2.31. The Bertz CT molecular complexity index is 1650. The van der Waals surface area contributed by atoms with Crippen molar-refractivity contribution in [2.75, 3.05) is 11.4 Å². The summed E-state index contributed by atoms with van der Waals surface area (Å²) in [7, 11) is 0. The van der Waals surface area contributed by atoms with E-state index in [1.807, 2.05) is 60.7 Å². The molecule has 0 aliphatic carbocycles. The van der Waals surface area contributed by atoms with Crippen molar-refractivity contribution in [3.05, 3.63) is 102 Å². The Labute approximate surface area is 226 Å². The standard InChI is InChI=1S/C30H28N8O/c1-20(2)18-38(19-21-10-4-3-5-11-21)30-31-22(17-28-32-25-14-8-9-15-27(25)39-28)16-26(33-30)23-12-6-7-13-24(23)29-34-36-37-35-29/h3-16,20H,17-19H2,1-2H3,(H,34,35,36,37). The monoisotopic (exact) mass is 516 g/mol. The lowest BCUT2D eigenvalue weighted by molar-refractivity contribution is 0.541. The number of rotatable bonds is 9. The maximum Gasteiger partial charge on any atom is 0.226 e. The van der Waals surface area contributed by atoms with Crippen molar-refractivity contribution in [2.24, 2.45) is 5.92 Å². The Hall–Kier alpha value is -4.92. The van der Waals surface area contributed by atoms with Gasteiger partial charge < -0.3 is 9.32 Å². The Morgan fingerprint density at radius 1 is 0.846 bits per heavy atom. The van der Waals surface area contributed by atoms with Crippen molar-refractivity contribution in [1.29, 1.82) is 0 Å². The van der Waals surface area contributed by atoms with Gasteiger partial charge in [0.25, 0.3) is 0 Å². The van der Waals surface area contributed by atoms with Crippen LogP contribution in [0.2, 0.25) is 0 Å². The van der Waals surface area contributed by atoms with Crippen LogP contribution in [0.3, 0.4) is 0 Å². The first kappa shape index (κ1) is 24.4. The SMILES string of the molecule is CC(C)CN(Cc1ccccc1)c1nc(Cc2nc3ccccc3o2)cc(-c2ccccc2-c2nn[nH]n2)n1. The second-order valence-electron chi connectivity index (χ2n) is 9.84. The molecule has 0 saturated heterocycles. The van der Waals surface area contributed by atoms with E-state index in [1.54, 1.807) is 0 Å². The van der Waals surface area contributed by atoms with E-state index in [9.17, 15) is 0 Å². The van der Waals surface area contributed by atoms with E-state index in [0.29, 0.717) is 36.5 Å². The third kappa shape index (κ3) is 5.52. The first-order valence-electron chi connectivity index (χ1n) is 13.0. The molecule has 3 aromatic carbocycles. The van der Waals surface area contributed by atoms with E-state index in [1.165, 1.54) is 5.56 Å². The third-order valence-electron chi connectivity index (χ3n) is 6.31. The zero-order valence-electron chi connectivity index (χ0n) is 21.8. The van der Waals surface area contributed by atoms with Gasteiger partial charge in [-0.15, -0.1) is 10.2 Å². The number of benzene rings is 3. The summed E-state index contributed by atoms with van der Waals surface area (Å²) < 4.78 is 6.04. The number of aromatic amines is 1. The van der Waals surface area contributed by atoms with Gasteiger partial charge in [0.2, 0.25) is 17.7 Å². The summed E-state index contributed by atoms with van der Waals surface area (Å²) in [6, 6.07) is 28.1. The largest absolute Gasteiger partial charge is 0.440 e. The predicted molar refractivity (Wildman–Crippen MR) is 150 cm³/mol. The summed E-state index contributed by atoms with van der Waals surface area (Å²) in [5.74, 6) is 2.18. The lowest BCUT2D eigenvalue weighted by atomic mass is 10.0. The number of hydrogen-bond acceptors (Lipinski definition) is 8. The molecular formula is C30H28N8O. The first-order valence-corrected chi connectivity index (χ1v) is 13.0. The van der Waals surface area contributed by atoms with Gasteiger partial charge in [-0.05, 0) is 34.9 Å². The topological polar surface area (TPSA) is 110 Å². The first-order chi connectivity index (χ1) is 19.1. The van der Waals surface area contributed by atoms with Gasteiger partial charge in [-0.2, -0.15) is 5.21 Å². The third-order valence-corrected chi connectivity index (χ3v) is 6.31. The predicted octanol–water partition coefficient (Wildman–Crippen LogP) is 5.72. The van der Waals surface area contributed by atoms with Gasteiger partial charge in [-0.1, -0.05) is 80.6 Å². The smallest absolute Gasteiger partial charge is 0.226 e. The summed E-state index contributed by atoms with van der Waals surface area (Å²) in [6.07, 6.45) is 0.433. The summed E-state index contributed by atoms with van der Waals surface area (Å²) >= 11 is 0. The Balaban J connectivity index is 1.46. The van der Waals surface area contributed by atoms with Gasteiger partial charge in [0, 0.05) is 24.2 Å². The van der Waals surface area contributed by atoms with E-state index in [2.05, 4.69) is 68.6 Å². The average molecular weight is 517 g/mol. The van der Waals surface area contributed by atoms with E-state index in [0.717, 1.165) is 40.2 Å². The Morgan fingerprint density at radius 2 is 1.62 bits per heavy atom. The molecule has 6 aromatic rings. The van der Waals surface area contributed by atoms with Crippen molar-refractivity contribution < 1.29 is 4.42 Å². The minimum atomic E-state index is 0.410. The van der Waals surface area contributed by atoms with Gasteiger partial charge in [0.1, 0.15) is 5.52 Å². The van der Waals surface area contributed by atoms with Crippen LogP contribution < -0.4 is 4.90 Å². The minimum Gasteiger partial charge on any atom is -0.440 e. The molecule has 0 bridgehead atoms. The number of tetrazole rings is 1. The van der Waals surface area contributed by atoms with E-state index in [4.69, 9.17) is 14.4 Å². The fraction of sp³-hybridized carbons (Fsp3) is 0.200. The second kappa shape index (κ2) is 10.8. The highest BCUT2D eigenvalue weighted by atomic mass is 16.3. The number of hydrogen-bond donors (Lipinski definition) is 1. The number of aromatic nitrogens is 7. The van der Waals surface area contributed by atoms with Crippen LogP contribution in [0.1, 0.15) is 31.0 Å². The molecule has 0 saturated carbocycles. The van der Waals surface area contributed by atoms with Crippen LogP contribution in [-0.4, -0.2) is 42.1 Å². The molecule has 0 aliphatic rings. The number of H-pyrrole nitrogens is 1. The zero-order valence-corrected chi connectivity index (χ0v) is 21.8. The molecule has 0 atom stereocenters. The molecule has 0 fully saturated rings. The van der Waals surface area contributed by atoms with Crippen LogP contribution in [0.25, 0.3) is 33.7 Å². The maximum atomic E-state index is 6.04. The molecule has 6 rings (SSSR count). The average Bonchev–Trinajstić information content (AvgIpc) is 3.63. The molecule has 0 radical (unpaired) electrons. The quantitative estimate of drug-likeness (QED) is 0.260. The van der Waals surface area contributed by atoms with Crippen LogP contribution in [0.5, 0.6) is 0 Å². The maximum absolute atomic E-state index is 6.04. The number of nitrogens with zero attached hydrogens (tertiary/aromatic N) is 7. The van der Waals surface area contributed by atoms with Crippen LogP contribution in [0.15, 0.2) is 89.3 Å². The number of fused-ring (bicyclic) bond motifs is 1. The molecule has 0 amide bonds. The lowest BCUT2D eigenvalue weighted by Crippen LogP contribution is -2.29. The lowest BCUT2D eigenvalue weighted by Gasteiger charge is -2.26. The molecule has 3 heterocycles. The van der Waals surface area contributed by atoms with Crippen LogP contribution in [0.4, 0.5) is 5.95 Å². The minimum absolute atomic E-state index is 0.410. The molecule has 39 heavy (non-hydrogen) atoms. The summed E-state index contributed by atoms with van der Waals surface area (Å²) in [6.45, 7) is 5.89. The van der Waals surface area contributed by atoms with Gasteiger partial charge in [0.15, 0.2) is 5.58 Å². The summed E-state index contributed by atoms with van der Waals surface area (Å²) in [5, 5.41) is 14.7. The Morgan fingerprint density at radius 3 is 2.38 bits per heavy atom. The molecule has 9 nitrogen and oxygen atoms in total. The van der Waals surface area contributed by atoms with Crippen molar-refractivity contribution in [3.63, 3.8) is 0 Å². The second-order valence-corrected chi connectivity index (χ2v) is 9.84. The number of anilines is 1. The molecular weight excluding hydrogens is 488 g/mol. The van der Waals surface area contributed by atoms with Crippen LogP contribution in [0, 0.1) is 5.92 Å². The molecule has 9 heteroatoms. The number of para-hydroxylation sites is 2. The van der Waals surface area contributed by atoms with Crippen LogP contribution >= 0.6 is 0 Å². The van der Waals surface area contributed by atoms with Crippen LogP contribution in [-0.2, 0) is 13.0 Å². The number of nitrogens with one attached hydrogen (secondary N) is 1. The highest BCUT2D eigenvalue weighted by Gasteiger charge is 2.19. The van der Waals surface area contributed by atoms with Crippen molar-refractivity contribution in [3.8, 4) is 22.6 Å². The van der Waals surface area contributed by atoms with Crippen molar-refractivity contribution in [1.82, 2.24) is 35.6 Å². The normalized spacial score (nSPS) is 11.4. The molecule has 1 N–H and O–H groups in total. The molecule has 0 unspecified atom stereocenters. The van der Waals surface area contributed by atoms with Gasteiger partial charge in [0.05, 0.1) is 17.8 Å². The van der Waals surface area contributed by atoms with Gasteiger partial charge >= 0.3 is 0 Å². The van der Waals surface area contributed by atoms with E-state index < -0.39 is 0 Å². The fourth-order valence-corrected chi connectivity index (χ4v) is 4.64. The van der Waals surface area contributed by atoms with Gasteiger partial charge in [-0.25, -0.2) is 15.0 Å². The number of oxazole rings is 1. The zero-order chi connectivity index (χ0) is 26.6. The highest BCUT2D eigenvalue weighted by molar-refractivity contribution is 5.79. The van der Waals surface area contributed by atoms with Crippen molar-refractivity contribution >= 4 is 17.0 Å². The van der Waals surface area contributed by atoms with Gasteiger partial charge in [-0.3, -0.25) is 0 Å². The molecule has 194 valence electrons. The Kier molecular flexibility index (Phi) is 6.78. The molecule has 3 aromatic heterocycles. The molecule has 0 spiro atoms. The van der Waals surface area contributed by atoms with E-state index in [-0.39, 0.29) is 0 Å². The van der Waals surface area contributed by atoms with E-state index >= 15 is 0 Å². The summed E-state index contributed by atoms with van der Waals surface area (Å²) in [5.41, 5.74) is 6.09. The van der Waals surface area contributed by atoms with Crippen molar-refractivity contribution in [2.45, 2.75) is 26.8 Å².